The molecule has 5 rings (SSSR count). The van der Waals surface area contributed by atoms with Crippen LogP contribution >= 0.6 is 0 Å². The summed E-state index contributed by atoms with van der Waals surface area (Å²) in [6.07, 6.45) is 7.99. The zero-order valence-electron chi connectivity index (χ0n) is 17.6. The molecule has 7 nitrogen and oxygen atoms in total. The maximum Gasteiger partial charge on any atom is 0.404 e. The zero-order valence-corrected chi connectivity index (χ0v) is 17.6. The summed E-state index contributed by atoms with van der Waals surface area (Å²) in [7, 11) is 0. The second-order valence-corrected chi connectivity index (χ2v) is 7.69. The minimum Gasteiger partial charge on any atom is -0.465 e. The molecule has 0 saturated heterocycles. The fourth-order valence-electron chi connectivity index (χ4n) is 4.09. The van der Waals surface area contributed by atoms with Gasteiger partial charge in [0.15, 0.2) is 5.82 Å². The molecule has 0 aliphatic heterocycles. The normalized spacial score (nSPS) is 13.7. The molecule has 160 valence electrons. The van der Waals surface area contributed by atoms with Gasteiger partial charge in [-0.25, -0.2) is 4.79 Å². The predicted molar refractivity (Wildman–Crippen MR) is 122 cm³/mol. The van der Waals surface area contributed by atoms with Crippen molar-refractivity contribution in [2.45, 2.75) is 38.6 Å². The maximum absolute atomic E-state index is 9.49. The van der Waals surface area contributed by atoms with Gasteiger partial charge < -0.3 is 20.0 Å². The van der Waals surface area contributed by atoms with Crippen molar-refractivity contribution in [1.82, 2.24) is 25.1 Å². The van der Waals surface area contributed by atoms with Gasteiger partial charge >= 0.3 is 6.09 Å². The fourth-order valence-corrected chi connectivity index (χ4v) is 4.09. The van der Waals surface area contributed by atoms with E-state index in [0.29, 0.717) is 12.6 Å². The molecule has 1 aliphatic rings. The first-order chi connectivity index (χ1) is 15.2. The van der Waals surface area contributed by atoms with Gasteiger partial charge in [-0.1, -0.05) is 49.2 Å². The van der Waals surface area contributed by atoms with Gasteiger partial charge in [-0.05, 0) is 48.4 Å². The van der Waals surface area contributed by atoms with Gasteiger partial charge in [-0.15, -0.1) is 10.2 Å². The molecule has 31 heavy (non-hydrogen) atoms. The van der Waals surface area contributed by atoms with Crippen LogP contribution in [0.3, 0.4) is 0 Å². The van der Waals surface area contributed by atoms with Crippen LogP contribution in [0.5, 0.6) is 0 Å². The van der Waals surface area contributed by atoms with E-state index in [1.807, 2.05) is 12.5 Å². The molecular formula is C24H27N5O2. The van der Waals surface area contributed by atoms with Gasteiger partial charge in [0.2, 0.25) is 0 Å². The summed E-state index contributed by atoms with van der Waals surface area (Å²) >= 11 is 0. The first-order valence-corrected chi connectivity index (χ1v) is 10.7. The van der Waals surface area contributed by atoms with E-state index in [4.69, 9.17) is 5.11 Å². The number of H-pyrrole nitrogens is 1. The Balaban J connectivity index is 0.000000342. The molecule has 1 aliphatic carbocycles. The largest absolute Gasteiger partial charge is 0.465 e. The summed E-state index contributed by atoms with van der Waals surface area (Å²) in [6, 6.07) is 17.8. The summed E-state index contributed by atoms with van der Waals surface area (Å²) in [6.45, 7) is 2.21. The van der Waals surface area contributed by atoms with Crippen molar-refractivity contribution in [1.29, 1.82) is 0 Å². The second kappa shape index (κ2) is 9.47. The third kappa shape index (κ3) is 4.77. The Morgan fingerprint density at radius 3 is 2.48 bits per heavy atom. The molecule has 1 fully saturated rings. The predicted octanol–water partition coefficient (Wildman–Crippen LogP) is 5.48. The first-order valence-electron chi connectivity index (χ1n) is 10.7. The molecule has 0 radical (unpaired) electrons. The van der Waals surface area contributed by atoms with Crippen LogP contribution in [-0.2, 0) is 0 Å². The van der Waals surface area contributed by atoms with Crippen molar-refractivity contribution in [2.24, 2.45) is 0 Å². The van der Waals surface area contributed by atoms with E-state index < -0.39 is 6.09 Å². The van der Waals surface area contributed by atoms with Crippen LogP contribution in [-0.4, -0.2) is 37.5 Å². The van der Waals surface area contributed by atoms with Gasteiger partial charge in [-0.3, -0.25) is 0 Å². The molecular weight excluding hydrogens is 390 g/mol. The highest BCUT2D eigenvalue weighted by molar-refractivity contribution is 5.85. The summed E-state index contributed by atoms with van der Waals surface area (Å²) in [4.78, 5) is 12.8. The van der Waals surface area contributed by atoms with E-state index in [-0.39, 0.29) is 0 Å². The molecule has 7 heteroatoms. The lowest BCUT2D eigenvalue weighted by Crippen LogP contribution is -2.19. The Hall–Kier alpha value is -3.61. The number of hydrogen-bond donors (Lipinski definition) is 3. The lowest BCUT2D eigenvalue weighted by Gasteiger charge is -2.13. The van der Waals surface area contributed by atoms with Crippen molar-refractivity contribution in [3.63, 3.8) is 0 Å². The molecule has 0 spiro atoms. The van der Waals surface area contributed by atoms with E-state index in [0.717, 1.165) is 11.4 Å². The lowest BCUT2D eigenvalue weighted by molar-refractivity contribution is 0.195. The molecule has 2 aromatic carbocycles. The van der Waals surface area contributed by atoms with Crippen LogP contribution in [0, 0.1) is 0 Å². The summed E-state index contributed by atoms with van der Waals surface area (Å²) in [5.74, 6) is 0.985. The third-order valence-electron chi connectivity index (χ3n) is 5.65. The van der Waals surface area contributed by atoms with Crippen LogP contribution < -0.4 is 5.32 Å². The highest BCUT2D eigenvalue weighted by atomic mass is 16.4. The molecule has 0 atom stereocenters. The number of aromatic nitrogens is 4. The molecule has 1 saturated carbocycles. The van der Waals surface area contributed by atoms with Crippen molar-refractivity contribution in [2.75, 3.05) is 6.54 Å². The van der Waals surface area contributed by atoms with Crippen molar-refractivity contribution >= 4 is 17.0 Å². The minimum atomic E-state index is -0.961. The molecule has 3 N–H and O–H groups in total. The Labute approximate surface area is 181 Å². The maximum atomic E-state index is 9.49. The number of aromatic amines is 1. The van der Waals surface area contributed by atoms with Crippen LogP contribution in [0.2, 0.25) is 0 Å². The first kappa shape index (κ1) is 20.7. The van der Waals surface area contributed by atoms with E-state index in [1.54, 1.807) is 6.92 Å². The van der Waals surface area contributed by atoms with Gasteiger partial charge in [-0.2, -0.15) is 0 Å². The number of carboxylic acid groups (broad SMARTS) is 1. The monoisotopic (exact) mass is 417 g/mol. The molecule has 2 heterocycles. The van der Waals surface area contributed by atoms with Crippen LogP contribution in [0.4, 0.5) is 4.79 Å². The van der Waals surface area contributed by atoms with E-state index in [2.05, 4.69) is 73.6 Å². The smallest absolute Gasteiger partial charge is 0.404 e. The quantitative estimate of drug-likeness (QED) is 0.409. The number of hydrogen-bond acceptors (Lipinski definition) is 3. The van der Waals surface area contributed by atoms with Gasteiger partial charge in [0.1, 0.15) is 6.33 Å². The molecule has 4 aromatic rings. The zero-order chi connectivity index (χ0) is 21.6. The third-order valence-corrected chi connectivity index (χ3v) is 5.65. The number of carbonyl (C=O) groups is 1. The van der Waals surface area contributed by atoms with Crippen LogP contribution in [0.15, 0.2) is 61.1 Å². The van der Waals surface area contributed by atoms with Gasteiger partial charge in [0.05, 0.1) is 0 Å². The van der Waals surface area contributed by atoms with Crippen molar-refractivity contribution in [3.05, 3.63) is 61.1 Å². The standard InChI is InChI=1S/C21H20N4.C3H7NO2/c1-2-4-19(3-1)25-14-23-24-21(25)17-8-5-15(6-9-17)18-10-7-16-11-12-22-20(16)13-18;1-2-4-3(5)6/h5-14,19,22H,1-4H2;4H,2H2,1H3,(H,5,6). The Bertz CT molecular complexity index is 1140. The van der Waals surface area contributed by atoms with Crippen LogP contribution in [0.25, 0.3) is 33.4 Å². The molecule has 1 amide bonds. The lowest BCUT2D eigenvalue weighted by atomic mass is 10.0. The summed E-state index contributed by atoms with van der Waals surface area (Å²) in [5.41, 5.74) is 4.74. The topological polar surface area (TPSA) is 95.8 Å². The number of nitrogens with one attached hydrogen (secondary N) is 2. The van der Waals surface area contributed by atoms with Crippen LogP contribution in [0.1, 0.15) is 38.6 Å². The average molecular weight is 418 g/mol. The van der Waals surface area contributed by atoms with Gasteiger partial charge in [0, 0.05) is 29.9 Å². The highest BCUT2D eigenvalue weighted by Crippen LogP contribution is 2.33. The van der Waals surface area contributed by atoms with E-state index in [9.17, 15) is 4.79 Å². The molecule has 2 aromatic heterocycles. The number of fused-ring (bicyclic) bond motifs is 1. The summed E-state index contributed by atoms with van der Waals surface area (Å²) < 4.78 is 2.26. The summed E-state index contributed by atoms with van der Waals surface area (Å²) in [5, 5.41) is 19.7. The molecule has 0 unspecified atom stereocenters. The van der Waals surface area contributed by atoms with E-state index in [1.165, 1.54) is 47.7 Å². The number of rotatable bonds is 4. The molecule has 0 bridgehead atoms. The number of amides is 1. The fraction of sp³-hybridized carbons (Fsp3) is 0.292. The van der Waals surface area contributed by atoms with Gasteiger partial charge in [0.25, 0.3) is 0 Å². The van der Waals surface area contributed by atoms with E-state index >= 15 is 0 Å². The Morgan fingerprint density at radius 2 is 1.81 bits per heavy atom. The SMILES string of the molecule is CCNC(=O)O.c1cc2ccc(-c3ccc(-c4nncn4C4CCCC4)cc3)cc2[nH]1. The Kier molecular flexibility index (Phi) is 6.31. The van der Waals surface area contributed by atoms with Crippen molar-refractivity contribution in [3.8, 4) is 22.5 Å². The highest BCUT2D eigenvalue weighted by Gasteiger charge is 2.20. The number of benzene rings is 2. The number of nitrogens with zero attached hydrogens (tertiary/aromatic N) is 3. The second-order valence-electron chi connectivity index (χ2n) is 7.69. The minimum absolute atomic E-state index is 0.481. The Morgan fingerprint density at radius 1 is 1.10 bits per heavy atom. The average Bonchev–Trinajstić information content (AvgIpc) is 3.55. The van der Waals surface area contributed by atoms with Crippen molar-refractivity contribution < 1.29 is 9.90 Å².